The Balaban J connectivity index is 1.98. The molecule has 0 amide bonds. The first-order valence-corrected chi connectivity index (χ1v) is 9.90. The molecule has 0 fully saturated rings. The molecule has 2 aromatic carbocycles. The number of benzene rings is 2. The van der Waals surface area contributed by atoms with Gasteiger partial charge >= 0.3 is 5.69 Å². The minimum Gasteiger partial charge on any atom is -0.490 e. The Morgan fingerprint density at radius 3 is 2.65 bits per heavy atom. The van der Waals surface area contributed by atoms with Crippen molar-refractivity contribution in [3.8, 4) is 23.4 Å². The number of fused-ring (bicyclic) bond motifs is 1. The van der Waals surface area contributed by atoms with Gasteiger partial charge in [0.15, 0.2) is 12.0 Å². The molecule has 0 aliphatic carbocycles. The predicted molar refractivity (Wildman–Crippen MR) is 116 cm³/mol. The topological polar surface area (TPSA) is 129 Å². The first kappa shape index (κ1) is 20.6. The summed E-state index contributed by atoms with van der Waals surface area (Å²) >= 11 is 3.41. The van der Waals surface area contributed by atoms with E-state index in [9.17, 15) is 15.4 Å². The molecule has 1 aliphatic heterocycles. The summed E-state index contributed by atoms with van der Waals surface area (Å²) in [5, 5.41) is 25.9. The normalized spacial score (nSPS) is 15.1. The molecule has 9 nitrogen and oxygen atoms in total. The second kappa shape index (κ2) is 7.86. The van der Waals surface area contributed by atoms with Crippen LogP contribution < -0.4 is 15.2 Å². The van der Waals surface area contributed by atoms with Crippen LogP contribution in [0.1, 0.15) is 16.8 Å². The Bertz CT molecular complexity index is 1270. The maximum atomic E-state index is 11.5. The Hall–Kier alpha value is -3.68. The van der Waals surface area contributed by atoms with Gasteiger partial charge in [0, 0.05) is 16.1 Å². The number of aryl methyl sites for hydroxylation is 1. The minimum atomic E-state index is -1.06. The molecule has 2 heterocycles. The van der Waals surface area contributed by atoms with Gasteiger partial charge in [0.05, 0.1) is 34.6 Å². The van der Waals surface area contributed by atoms with E-state index in [2.05, 4.69) is 27.1 Å². The molecule has 10 heteroatoms. The van der Waals surface area contributed by atoms with E-state index in [1.807, 2.05) is 24.3 Å². The highest BCUT2D eigenvalue weighted by atomic mass is 79.9. The van der Waals surface area contributed by atoms with Crippen LogP contribution >= 0.6 is 15.9 Å². The van der Waals surface area contributed by atoms with Crippen molar-refractivity contribution in [3.63, 3.8) is 0 Å². The van der Waals surface area contributed by atoms with Crippen molar-refractivity contribution in [2.24, 2.45) is 5.73 Å². The van der Waals surface area contributed by atoms with Gasteiger partial charge in [-0.15, -0.1) is 0 Å². The van der Waals surface area contributed by atoms with Crippen LogP contribution in [0, 0.1) is 28.4 Å². The lowest BCUT2D eigenvalue weighted by Gasteiger charge is -2.24. The molecule has 1 aromatic heterocycles. The molecule has 1 atom stereocenters. The molecule has 0 radical (unpaired) electrons. The zero-order valence-electron chi connectivity index (χ0n) is 16.5. The Labute approximate surface area is 185 Å². The van der Waals surface area contributed by atoms with E-state index in [4.69, 9.17) is 15.2 Å². The van der Waals surface area contributed by atoms with E-state index in [0.29, 0.717) is 28.3 Å². The summed E-state index contributed by atoms with van der Waals surface area (Å²) in [6.07, 6.45) is -1.06. The van der Waals surface area contributed by atoms with Gasteiger partial charge in [-0.3, -0.25) is 15.8 Å². The van der Waals surface area contributed by atoms with Crippen molar-refractivity contribution in [1.29, 1.82) is 5.26 Å². The minimum absolute atomic E-state index is 0.117. The SMILES string of the molecule is COc1ccc(C2=C(C#N)C(N)Oc3c2c(C)nn3-c2ccc(Br)cc2)cc1[N+](=O)[O-]. The molecule has 156 valence electrons. The molecule has 0 bridgehead atoms. The van der Waals surface area contributed by atoms with Crippen LogP contribution in [0.4, 0.5) is 5.69 Å². The van der Waals surface area contributed by atoms with E-state index in [-0.39, 0.29) is 17.0 Å². The van der Waals surface area contributed by atoms with Crippen molar-refractivity contribution in [3.05, 3.63) is 79.4 Å². The third-order valence-corrected chi connectivity index (χ3v) is 5.45. The average Bonchev–Trinajstić information content (AvgIpc) is 3.08. The molecule has 0 saturated heterocycles. The van der Waals surface area contributed by atoms with Gasteiger partial charge < -0.3 is 9.47 Å². The summed E-state index contributed by atoms with van der Waals surface area (Å²) in [6, 6.07) is 14.0. The number of halogens is 1. The highest BCUT2D eigenvalue weighted by Crippen LogP contribution is 2.43. The lowest BCUT2D eigenvalue weighted by atomic mass is 9.90. The van der Waals surface area contributed by atoms with Crippen LogP contribution in [0.25, 0.3) is 11.3 Å². The van der Waals surface area contributed by atoms with Gasteiger partial charge in [-0.1, -0.05) is 22.0 Å². The molecule has 0 saturated carbocycles. The van der Waals surface area contributed by atoms with Crippen molar-refractivity contribution < 1.29 is 14.4 Å². The number of nitro groups is 1. The van der Waals surface area contributed by atoms with Crippen LogP contribution in [0.3, 0.4) is 0 Å². The predicted octanol–water partition coefficient (Wildman–Crippen LogP) is 3.86. The fourth-order valence-electron chi connectivity index (χ4n) is 3.52. The molecular formula is C21H16BrN5O4. The summed E-state index contributed by atoms with van der Waals surface area (Å²) in [6.45, 7) is 1.78. The monoisotopic (exact) mass is 481 g/mol. The van der Waals surface area contributed by atoms with Crippen molar-refractivity contribution in [2.75, 3.05) is 7.11 Å². The number of nitriles is 1. The second-order valence-electron chi connectivity index (χ2n) is 6.74. The van der Waals surface area contributed by atoms with Crippen LogP contribution in [-0.4, -0.2) is 28.0 Å². The van der Waals surface area contributed by atoms with Gasteiger partial charge in [0.1, 0.15) is 6.07 Å². The highest BCUT2D eigenvalue weighted by Gasteiger charge is 2.34. The fraction of sp³-hybridized carbons (Fsp3) is 0.143. The number of rotatable bonds is 4. The second-order valence-corrected chi connectivity index (χ2v) is 7.65. The van der Waals surface area contributed by atoms with Crippen molar-refractivity contribution in [2.45, 2.75) is 13.2 Å². The average molecular weight is 482 g/mol. The summed E-state index contributed by atoms with van der Waals surface area (Å²) in [4.78, 5) is 11.0. The summed E-state index contributed by atoms with van der Waals surface area (Å²) in [7, 11) is 1.36. The van der Waals surface area contributed by atoms with E-state index >= 15 is 0 Å². The van der Waals surface area contributed by atoms with Gasteiger partial charge in [0.2, 0.25) is 5.88 Å². The zero-order valence-corrected chi connectivity index (χ0v) is 18.1. The molecule has 0 spiro atoms. The lowest BCUT2D eigenvalue weighted by Crippen LogP contribution is -2.33. The maximum absolute atomic E-state index is 11.5. The number of nitrogens with two attached hydrogens (primary N) is 1. The van der Waals surface area contributed by atoms with E-state index in [1.165, 1.54) is 19.2 Å². The quantitative estimate of drug-likeness (QED) is 0.442. The van der Waals surface area contributed by atoms with Crippen molar-refractivity contribution in [1.82, 2.24) is 9.78 Å². The standard InChI is InChI=1S/C21H16BrN5O4/c1-11-18-19(12-3-8-17(30-2)16(9-12)27(28)29)15(10-23)20(24)31-21(18)26(25-11)14-6-4-13(22)5-7-14/h3-9,20H,24H2,1-2H3. The number of methoxy groups -OCH3 is 1. The van der Waals surface area contributed by atoms with Crippen LogP contribution in [0.15, 0.2) is 52.5 Å². The third-order valence-electron chi connectivity index (χ3n) is 4.92. The first-order valence-electron chi connectivity index (χ1n) is 9.11. The molecule has 31 heavy (non-hydrogen) atoms. The number of hydrogen-bond acceptors (Lipinski definition) is 7. The van der Waals surface area contributed by atoms with Gasteiger partial charge in [0.25, 0.3) is 0 Å². The third kappa shape index (κ3) is 3.43. The highest BCUT2D eigenvalue weighted by molar-refractivity contribution is 9.10. The lowest BCUT2D eigenvalue weighted by molar-refractivity contribution is -0.385. The first-order chi connectivity index (χ1) is 14.8. The van der Waals surface area contributed by atoms with Gasteiger partial charge in [-0.05, 0) is 42.8 Å². The van der Waals surface area contributed by atoms with E-state index in [0.717, 1.165) is 10.2 Å². The number of nitro benzene ring substituents is 1. The van der Waals surface area contributed by atoms with E-state index < -0.39 is 11.2 Å². The van der Waals surface area contributed by atoms with Gasteiger partial charge in [-0.2, -0.15) is 10.4 Å². The largest absolute Gasteiger partial charge is 0.490 e. The molecule has 1 unspecified atom stereocenters. The Morgan fingerprint density at radius 1 is 1.32 bits per heavy atom. The van der Waals surface area contributed by atoms with E-state index in [1.54, 1.807) is 17.7 Å². The van der Waals surface area contributed by atoms with Crippen LogP contribution in [0.2, 0.25) is 0 Å². The molecule has 3 aromatic rings. The molecule has 1 aliphatic rings. The summed E-state index contributed by atoms with van der Waals surface area (Å²) in [5.41, 5.74) is 8.87. The number of ether oxygens (including phenoxy) is 2. The number of hydrogen-bond donors (Lipinski definition) is 1. The van der Waals surface area contributed by atoms with Crippen LogP contribution in [0.5, 0.6) is 11.6 Å². The Morgan fingerprint density at radius 2 is 2.03 bits per heavy atom. The maximum Gasteiger partial charge on any atom is 0.311 e. The van der Waals surface area contributed by atoms with Crippen LogP contribution in [-0.2, 0) is 0 Å². The molecule has 4 rings (SSSR count). The smallest absolute Gasteiger partial charge is 0.311 e. The summed E-state index contributed by atoms with van der Waals surface area (Å²) < 4.78 is 13.5. The summed E-state index contributed by atoms with van der Waals surface area (Å²) in [5.74, 6) is 0.478. The number of nitrogens with zero attached hydrogens (tertiary/aromatic N) is 4. The fourth-order valence-corrected chi connectivity index (χ4v) is 3.79. The Kier molecular flexibility index (Phi) is 5.22. The zero-order chi connectivity index (χ0) is 22.3. The molecule has 2 N–H and O–H groups in total. The van der Waals surface area contributed by atoms with Gasteiger partial charge in [-0.25, -0.2) is 4.68 Å². The van der Waals surface area contributed by atoms with Crippen molar-refractivity contribution >= 4 is 27.2 Å². The molecular weight excluding hydrogens is 466 g/mol. The number of aromatic nitrogens is 2.